The largest absolute Gasteiger partial charge is 0.497 e. The highest BCUT2D eigenvalue weighted by molar-refractivity contribution is 5.28. The minimum Gasteiger partial charge on any atom is -0.497 e. The predicted molar refractivity (Wildman–Crippen MR) is 78.2 cm³/mol. The Kier molecular flexibility index (Phi) is 7.19. The van der Waals surface area contributed by atoms with Gasteiger partial charge in [0.2, 0.25) is 0 Å². The molecule has 1 aromatic rings. The lowest BCUT2D eigenvalue weighted by molar-refractivity contribution is 0.413. The fourth-order valence-corrected chi connectivity index (χ4v) is 2.16. The number of nitrogens with one attached hydrogen (secondary N) is 1. The van der Waals surface area contributed by atoms with E-state index in [-0.39, 0.29) is 0 Å². The van der Waals surface area contributed by atoms with Crippen molar-refractivity contribution in [3.05, 3.63) is 42.5 Å². The van der Waals surface area contributed by atoms with Crippen molar-refractivity contribution < 1.29 is 4.74 Å². The van der Waals surface area contributed by atoms with Crippen molar-refractivity contribution in [2.24, 2.45) is 0 Å². The van der Waals surface area contributed by atoms with E-state index in [1.54, 1.807) is 7.11 Å². The molecule has 0 fully saturated rings. The van der Waals surface area contributed by atoms with Crippen molar-refractivity contribution in [3.63, 3.8) is 0 Å². The maximum atomic E-state index is 5.26. The first-order chi connectivity index (χ1) is 8.80. The van der Waals surface area contributed by atoms with Gasteiger partial charge in [-0.25, -0.2) is 0 Å². The quantitative estimate of drug-likeness (QED) is 0.532. The van der Waals surface area contributed by atoms with Gasteiger partial charge in [0.05, 0.1) is 7.11 Å². The highest BCUT2D eigenvalue weighted by Crippen LogP contribution is 2.15. The van der Waals surface area contributed by atoms with Gasteiger partial charge >= 0.3 is 0 Å². The second kappa shape index (κ2) is 8.76. The number of rotatable bonds is 9. The summed E-state index contributed by atoms with van der Waals surface area (Å²) in [5, 5.41) is 3.55. The van der Waals surface area contributed by atoms with Gasteiger partial charge < -0.3 is 10.1 Å². The van der Waals surface area contributed by atoms with Gasteiger partial charge in [0.15, 0.2) is 0 Å². The molecule has 18 heavy (non-hydrogen) atoms. The summed E-state index contributed by atoms with van der Waals surface area (Å²) in [6, 6.07) is 8.88. The Hall–Kier alpha value is -1.28. The molecule has 0 heterocycles. The summed E-state index contributed by atoms with van der Waals surface area (Å²) in [5.74, 6) is 0.939. The monoisotopic (exact) mass is 247 g/mol. The van der Waals surface area contributed by atoms with Gasteiger partial charge in [0.25, 0.3) is 0 Å². The van der Waals surface area contributed by atoms with Gasteiger partial charge in [0.1, 0.15) is 5.75 Å². The number of unbranched alkanes of at least 4 members (excludes halogenated alkanes) is 1. The fourth-order valence-electron chi connectivity index (χ4n) is 2.16. The Labute approximate surface area is 111 Å². The molecular formula is C16H25NO. The summed E-state index contributed by atoms with van der Waals surface area (Å²) in [7, 11) is 1.71. The van der Waals surface area contributed by atoms with Crippen LogP contribution in [0.1, 0.15) is 31.7 Å². The molecule has 0 aromatic heterocycles. The van der Waals surface area contributed by atoms with Crippen LogP contribution in [0, 0.1) is 0 Å². The Morgan fingerprint density at radius 3 is 2.94 bits per heavy atom. The van der Waals surface area contributed by atoms with Gasteiger partial charge in [-0.2, -0.15) is 0 Å². The third-order valence-electron chi connectivity index (χ3n) is 3.07. The SMILES string of the molecule is C=CCCCC(Cc1cccc(OC)c1)NCC. The molecule has 0 spiro atoms. The lowest BCUT2D eigenvalue weighted by Gasteiger charge is -2.18. The normalized spacial score (nSPS) is 12.1. The summed E-state index contributed by atoms with van der Waals surface area (Å²) >= 11 is 0. The summed E-state index contributed by atoms with van der Waals surface area (Å²) < 4.78 is 5.26. The molecule has 2 heteroatoms. The first kappa shape index (κ1) is 14.8. The smallest absolute Gasteiger partial charge is 0.119 e. The first-order valence-corrected chi connectivity index (χ1v) is 6.77. The molecule has 1 atom stereocenters. The Morgan fingerprint density at radius 2 is 2.28 bits per heavy atom. The molecule has 0 aliphatic heterocycles. The molecule has 1 rings (SSSR count). The van der Waals surface area contributed by atoms with Crippen LogP contribution >= 0.6 is 0 Å². The van der Waals surface area contributed by atoms with E-state index in [4.69, 9.17) is 4.74 Å². The molecule has 0 saturated heterocycles. The van der Waals surface area contributed by atoms with E-state index in [9.17, 15) is 0 Å². The van der Waals surface area contributed by atoms with E-state index >= 15 is 0 Å². The van der Waals surface area contributed by atoms with Crippen LogP contribution in [0.2, 0.25) is 0 Å². The van der Waals surface area contributed by atoms with Gasteiger partial charge in [-0.1, -0.05) is 25.1 Å². The second-order valence-electron chi connectivity index (χ2n) is 4.53. The van der Waals surface area contributed by atoms with Crippen LogP contribution in [-0.4, -0.2) is 19.7 Å². The number of hydrogen-bond acceptors (Lipinski definition) is 2. The molecule has 1 unspecified atom stereocenters. The van der Waals surface area contributed by atoms with Crippen LogP contribution in [-0.2, 0) is 6.42 Å². The highest BCUT2D eigenvalue weighted by Gasteiger charge is 2.08. The molecule has 0 amide bonds. The average molecular weight is 247 g/mol. The second-order valence-corrected chi connectivity index (χ2v) is 4.53. The minimum atomic E-state index is 0.544. The van der Waals surface area contributed by atoms with Crippen LogP contribution in [0.4, 0.5) is 0 Å². The molecule has 0 radical (unpaired) electrons. The standard InChI is InChI=1S/C16H25NO/c1-4-6-7-10-15(17-5-2)12-14-9-8-11-16(13-14)18-3/h4,8-9,11,13,15,17H,1,5-7,10,12H2,2-3H3. The lowest BCUT2D eigenvalue weighted by Crippen LogP contribution is -2.30. The van der Waals surface area contributed by atoms with Crippen molar-refractivity contribution >= 4 is 0 Å². The van der Waals surface area contributed by atoms with Gasteiger partial charge in [0, 0.05) is 6.04 Å². The molecule has 0 aliphatic carbocycles. The third-order valence-corrected chi connectivity index (χ3v) is 3.07. The van der Waals surface area contributed by atoms with E-state index < -0.39 is 0 Å². The Bertz CT molecular complexity index is 349. The molecule has 0 bridgehead atoms. The van der Waals surface area contributed by atoms with Crippen molar-refractivity contribution in [1.82, 2.24) is 5.32 Å². The fraction of sp³-hybridized carbons (Fsp3) is 0.500. The number of benzene rings is 1. The lowest BCUT2D eigenvalue weighted by atomic mass is 10.0. The molecular weight excluding hydrogens is 222 g/mol. The minimum absolute atomic E-state index is 0.544. The molecule has 1 aromatic carbocycles. The van der Waals surface area contributed by atoms with Crippen LogP contribution in [0.25, 0.3) is 0 Å². The maximum absolute atomic E-state index is 5.26. The average Bonchev–Trinajstić information content (AvgIpc) is 2.39. The van der Waals surface area contributed by atoms with Gasteiger partial charge in [-0.05, 0) is 49.9 Å². The van der Waals surface area contributed by atoms with Crippen LogP contribution in [0.3, 0.4) is 0 Å². The van der Waals surface area contributed by atoms with Crippen molar-refractivity contribution in [1.29, 1.82) is 0 Å². The third kappa shape index (κ3) is 5.37. The van der Waals surface area contributed by atoms with E-state index in [1.807, 2.05) is 12.1 Å². The Morgan fingerprint density at radius 1 is 1.44 bits per heavy atom. The molecule has 2 nitrogen and oxygen atoms in total. The number of methoxy groups -OCH3 is 1. The first-order valence-electron chi connectivity index (χ1n) is 6.77. The molecule has 1 N–H and O–H groups in total. The van der Waals surface area contributed by atoms with Gasteiger partial charge in [-0.3, -0.25) is 0 Å². The van der Waals surface area contributed by atoms with Crippen LogP contribution in [0.15, 0.2) is 36.9 Å². The summed E-state index contributed by atoms with van der Waals surface area (Å²) in [4.78, 5) is 0. The van der Waals surface area contributed by atoms with E-state index in [0.29, 0.717) is 6.04 Å². The Balaban J connectivity index is 2.54. The van der Waals surface area contributed by atoms with Crippen LogP contribution in [0.5, 0.6) is 5.75 Å². The van der Waals surface area contributed by atoms with E-state index in [2.05, 4.69) is 37.0 Å². The molecule has 0 aliphatic rings. The van der Waals surface area contributed by atoms with E-state index in [1.165, 1.54) is 18.4 Å². The van der Waals surface area contributed by atoms with Crippen molar-refractivity contribution in [2.75, 3.05) is 13.7 Å². The van der Waals surface area contributed by atoms with Crippen LogP contribution < -0.4 is 10.1 Å². The van der Waals surface area contributed by atoms with Crippen molar-refractivity contribution in [3.8, 4) is 5.75 Å². The van der Waals surface area contributed by atoms with E-state index in [0.717, 1.165) is 25.1 Å². The highest BCUT2D eigenvalue weighted by atomic mass is 16.5. The zero-order chi connectivity index (χ0) is 13.2. The zero-order valence-corrected chi connectivity index (χ0v) is 11.6. The molecule has 0 saturated carbocycles. The number of likely N-dealkylation sites (N-methyl/N-ethyl adjacent to an activating group) is 1. The number of hydrogen-bond donors (Lipinski definition) is 1. The maximum Gasteiger partial charge on any atom is 0.119 e. The number of ether oxygens (including phenoxy) is 1. The predicted octanol–water partition coefficient (Wildman–Crippen LogP) is 3.57. The number of allylic oxidation sites excluding steroid dienone is 1. The zero-order valence-electron chi connectivity index (χ0n) is 11.6. The molecule has 100 valence electrons. The van der Waals surface area contributed by atoms with Gasteiger partial charge in [-0.15, -0.1) is 6.58 Å². The summed E-state index contributed by atoms with van der Waals surface area (Å²) in [6.45, 7) is 6.95. The topological polar surface area (TPSA) is 21.3 Å². The summed E-state index contributed by atoms with van der Waals surface area (Å²) in [5.41, 5.74) is 1.33. The summed E-state index contributed by atoms with van der Waals surface area (Å²) in [6.07, 6.45) is 6.54. The van der Waals surface area contributed by atoms with Crippen molar-refractivity contribution in [2.45, 2.75) is 38.6 Å².